The summed E-state index contributed by atoms with van der Waals surface area (Å²) in [6.07, 6.45) is 3.82. The average molecular weight is 721 g/mol. The Kier molecular flexibility index (Phi) is 11.5. The van der Waals surface area contributed by atoms with Gasteiger partial charge in [-0.1, -0.05) is 44.2 Å². The van der Waals surface area contributed by atoms with Crippen molar-refractivity contribution in [1.29, 1.82) is 0 Å². The zero-order valence-corrected chi connectivity index (χ0v) is 31.0. The van der Waals surface area contributed by atoms with Crippen LogP contribution in [0.2, 0.25) is 0 Å². The number of ether oxygens (including phenoxy) is 4. The summed E-state index contributed by atoms with van der Waals surface area (Å²) in [6, 6.07) is 9.86. The minimum absolute atomic E-state index is 0.186. The number of carbonyl (C=O) groups excluding carboxylic acids is 3. The molecule has 1 aromatic carbocycles. The van der Waals surface area contributed by atoms with Gasteiger partial charge in [0.05, 0.1) is 19.3 Å². The molecule has 15 heteroatoms. The Bertz CT molecular complexity index is 1690. The highest BCUT2D eigenvalue weighted by Crippen LogP contribution is 2.26. The first-order valence-electron chi connectivity index (χ1n) is 18.5. The highest BCUT2D eigenvalue weighted by Gasteiger charge is 2.34. The number of anilines is 1. The number of amides is 3. The number of nitrogens with zero attached hydrogens (tertiary/aromatic N) is 7. The van der Waals surface area contributed by atoms with Crippen LogP contribution in [-0.2, 0) is 20.8 Å². The molecule has 0 spiro atoms. The van der Waals surface area contributed by atoms with E-state index >= 15 is 0 Å². The summed E-state index contributed by atoms with van der Waals surface area (Å²) in [6.45, 7) is 13.5. The highest BCUT2D eigenvalue weighted by molar-refractivity contribution is 5.70. The topological polar surface area (TPSA) is 153 Å². The maximum Gasteiger partial charge on any atom is 0.410 e. The van der Waals surface area contributed by atoms with Crippen molar-refractivity contribution in [3.05, 3.63) is 47.7 Å². The quantitative estimate of drug-likeness (QED) is 0.271. The number of rotatable bonds is 9. The van der Waals surface area contributed by atoms with Crippen molar-refractivity contribution >= 4 is 29.9 Å². The first kappa shape index (κ1) is 37.0. The van der Waals surface area contributed by atoms with E-state index in [4.69, 9.17) is 28.9 Å². The van der Waals surface area contributed by atoms with Crippen molar-refractivity contribution in [2.45, 2.75) is 97.1 Å². The van der Waals surface area contributed by atoms with Crippen LogP contribution in [0.3, 0.4) is 0 Å². The summed E-state index contributed by atoms with van der Waals surface area (Å²) < 4.78 is 24.9. The molecule has 2 atom stereocenters. The molecule has 2 aromatic heterocycles. The van der Waals surface area contributed by atoms with Crippen LogP contribution in [-0.4, -0.2) is 116 Å². The summed E-state index contributed by atoms with van der Waals surface area (Å²) in [5, 5.41) is 8.07. The van der Waals surface area contributed by atoms with Crippen LogP contribution in [0, 0.1) is 5.92 Å². The molecule has 3 amide bonds. The maximum atomic E-state index is 13.0. The van der Waals surface area contributed by atoms with E-state index in [2.05, 4.69) is 24.3 Å². The molecule has 5 heterocycles. The minimum atomic E-state index is -0.574. The van der Waals surface area contributed by atoms with Gasteiger partial charge in [-0.3, -0.25) is 0 Å². The minimum Gasteiger partial charge on any atom is -0.458 e. The molecule has 1 unspecified atom stereocenters. The van der Waals surface area contributed by atoms with Crippen molar-refractivity contribution < 1.29 is 33.3 Å². The molecule has 0 radical (unpaired) electrons. The van der Waals surface area contributed by atoms with E-state index in [0.717, 1.165) is 36.8 Å². The Labute approximate surface area is 304 Å². The normalized spacial score (nSPS) is 19.9. The van der Waals surface area contributed by atoms with Gasteiger partial charge in [0.1, 0.15) is 24.4 Å². The van der Waals surface area contributed by atoms with E-state index < -0.39 is 5.60 Å². The van der Waals surface area contributed by atoms with Crippen molar-refractivity contribution in [2.24, 2.45) is 5.92 Å². The standard InChI is InChI=1S/C37H52N8O7/c1-25(2)30-21-39-45-31(30)40-33(50-28-12-9-16-43(22-28)34(46)49-24-27-10-7-6-8-11-27)41-32(45)38-20-26-13-17-42(18-14-26)35(47)51-29-15-19-44(23-29)36(48)52-37(3,4)5/h6-8,10-11,21,25-26,28-29H,9,12-20,22-24H2,1-5H3,(H,38,40,41)/t28-,29?/m1/s1. The molecular weight excluding hydrogens is 668 g/mol. The zero-order valence-electron chi connectivity index (χ0n) is 31.0. The summed E-state index contributed by atoms with van der Waals surface area (Å²) in [7, 11) is 0. The van der Waals surface area contributed by atoms with Crippen molar-refractivity contribution in [1.82, 2.24) is 34.3 Å². The van der Waals surface area contributed by atoms with Gasteiger partial charge in [-0.05, 0) is 63.9 Å². The lowest BCUT2D eigenvalue weighted by Gasteiger charge is -2.32. The summed E-state index contributed by atoms with van der Waals surface area (Å²) in [5.41, 5.74) is 2.02. The van der Waals surface area contributed by atoms with Crippen LogP contribution in [0.4, 0.5) is 20.3 Å². The molecule has 52 heavy (non-hydrogen) atoms. The molecule has 1 N–H and O–H groups in total. The number of piperidine rings is 2. The fourth-order valence-corrected chi connectivity index (χ4v) is 6.70. The van der Waals surface area contributed by atoms with Crippen molar-refractivity contribution in [3.8, 4) is 6.01 Å². The highest BCUT2D eigenvalue weighted by atomic mass is 16.6. The smallest absolute Gasteiger partial charge is 0.410 e. The van der Waals surface area contributed by atoms with Crippen molar-refractivity contribution in [2.75, 3.05) is 51.1 Å². The van der Waals surface area contributed by atoms with Crippen LogP contribution >= 0.6 is 0 Å². The lowest BCUT2D eigenvalue weighted by Crippen LogP contribution is -2.44. The van der Waals surface area contributed by atoms with E-state index in [9.17, 15) is 14.4 Å². The van der Waals surface area contributed by atoms with Gasteiger partial charge < -0.3 is 39.0 Å². The largest absolute Gasteiger partial charge is 0.458 e. The molecule has 3 aliphatic rings. The predicted octanol–water partition coefficient (Wildman–Crippen LogP) is 5.70. The second-order valence-corrected chi connectivity index (χ2v) is 15.2. The fourth-order valence-electron chi connectivity index (χ4n) is 6.70. The van der Waals surface area contributed by atoms with E-state index in [-0.39, 0.29) is 49.0 Å². The van der Waals surface area contributed by atoms with Gasteiger partial charge in [0.2, 0.25) is 5.95 Å². The second-order valence-electron chi connectivity index (χ2n) is 15.2. The van der Waals surface area contributed by atoms with Gasteiger partial charge in [0.25, 0.3) is 0 Å². The summed E-state index contributed by atoms with van der Waals surface area (Å²) in [5.74, 6) is 1.01. The third kappa shape index (κ3) is 9.53. The van der Waals surface area contributed by atoms with Gasteiger partial charge in [-0.2, -0.15) is 19.6 Å². The first-order valence-corrected chi connectivity index (χ1v) is 18.5. The molecule has 3 saturated heterocycles. The van der Waals surface area contributed by atoms with Gasteiger partial charge in [-0.15, -0.1) is 0 Å². The molecule has 0 aliphatic carbocycles. The Hall–Kier alpha value is -4.82. The van der Waals surface area contributed by atoms with Crippen LogP contribution in [0.25, 0.3) is 5.65 Å². The SMILES string of the molecule is CC(C)c1cnn2c(NCC3CCN(C(=O)OC4CCN(C(=O)OC(C)(C)C)C4)CC3)nc(O[C@@H]3CCCN(C(=O)OCc4ccccc4)C3)nc12. The predicted molar refractivity (Wildman–Crippen MR) is 192 cm³/mol. The number of hydrogen-bond donors (Lipinski definition) is 1. The van der Waals surface area contributed by atoms with Gasteiger partial charge in [0.15, 0.2) is 5.65 Å². The summed E-state index contributed by atoms with van der Waals surface area (Å²) in [4.78, 5) is 52.8. The van der Waals surface area contributed by atoms with E-state index in [1.807, 2.05) is 57.3 Å². The molecule has 15 nitrogen and oxygen atoms in total. The molecule has 0 saturated carbocycles. The molecule has 3 aromatic rings. The number of likely N-dealkylation sites (tertiary alicyclic amines) is 3. The van der Waals surface area contributed by atoms with Crippen LogP contribution < -0.4 is 10.1 Å². The van der Waals surface area contributed by atoms with Crippen LogP contribution in [0.1, 0.15) is 83.8 Å². The number of aromatic nitrogens is 4. The lowest BCUT2D eigenvalue weighted by atomic mass is 9.97. The van der Waals surface area contributed by atoms with Gasteiger partial charge >= 0.3 is 24.3 Å². The van der Waals surface area contributed by atoms with E-state index in [1.165, 1.54) is 0 Å². The first-order chi connectivity index (χ1) is 24.9. The van der Waals surface area contributed by atoms with Gasteiger partial charge in [-0.25, -0.2) is 14.4 Å². The van der Waals surface area contributed by atoms with Crippen LogP contribution in [0.5, 0.6) is 6.01 Å². The monoisotopic (exact) mass is 720 g/mol. The van der Waals surface area contributed by atoms with E-state index in [0.29, 0.717) is 69.7 Å². The Morgan fingerprint density at radius 1 is 0.865 bits per heavy atom. The summed E-state index contributed by atoms with van der Waals surface area (Å²) >= 11 is 0. The number of fused-ring (bicyclic) bond motifs is 1. The third-order valence-corrected chi connectivity index (χ3v) is 9.60. The van der Waals surface area contributed by atoms with Crippen LogP contribution in [0.15, 0.2) is 36.5 Å². The molecule has 3 fully saturated rings. The second kappa shape index (κ2) is 16.2. The zero-order chi connectivity index (χ0) is 36.8. The molecular formula is C37H52N8O7. The number of nitrogens with one attached hydrogen (secondary N) is 1. The van der Waals surface area contributed by atoms with Crippen molar-refractivity contribution in [3.63, 3.8) is 0 Å². The maximum absolute atomic E-state index is 13.0. The third-order valence-electron chi connectivity index (χ3n) is 9.60. The Morgan fingerprint density at radius 3 is 2.31 bits per heavy atom. The Morgan fingerprint density at radius 2 is 1.58 bits per heavy atom. The van der Waals surface area contributed by atoms with E-state index in [1.54, 1.807) is 19.2 Å². The fraction of sp³-hybridized carbons (Fsp3) is 0.622. The molecule has 6 rings (SSSR count). The molecule has 0 bridgehead atoms. The van der Waals surface area contributed by atoms with Gasteiger partial charge in [0, 0.05) is 44.7 Å². The molecule has 282 valence electrons. The number of carbonyl (C=O) groups is 3. The average Bonchev–Trinajstić information content (AvgIpc) is 3.77. The number of benzene rings is 1. The number of hydrogen-bond acceptors (Lipinski definition) is 11. The molecule has 3 aliphatic heterocycles. The Balaban J connectivity index is 1.01. The lowest BCUT2D eigenvalue weighted by molar-refractivity contribution is 0.0232.